The van der Waals surface area contributed by atoms with Gasteiger partial charge in [-0.15, -0.1) is 0 Å². The van der Waals surface area contributed by atoms with Crippen molar-refractivity contribution in [2.75, 3.05) is 0 Å². The van der Waals surface area contributed by atoms with Crippen molar-refractivity contribution in [3.05, 3.63) is 61.8 Å². The molecule has 0 fully saturated rings. The van der Waals surface area contributed by atoms with Gasteiger partial charge in [0.1, 0.15) is 16.8 Å². The number of hydrogen-bond donors (Lipinski definition) is 0. The molecular formula is C12H8BrClN2O3. The first-order valence-corrected chi connectivity index (χ1v) is 6.40. The summed E-state index contributed by atoms with van der Waals surface area (Å²) < 4.78 is 5.90. The molecule has 0 radical (unpaired) electrons. The highest BCUT2D eigenvalue weighted by atomic mass is 79.9. The predicted octanol–water partition coefficient (Wildman–Crippen LogP) is 3.98. The lowest BCUT2D eigenvalue weighted by Gasteiger charge is -2.07. The number of aromatic nitrogens is 1. The maximum Gasteiger partial charge on any atom is 0.283 e. The summed E-state index contributed by atoms with van der Waals surface area (Å²) in [7, 11) is 0. The van der Waals surface area contributed by atoms with Crippen LogP contribution in [0.25, 0.3) is 0 Å². The van der Waals surface area contributed by atoms with Gasteiger partial charge in [-0.25, -0.2) is 0 Å². The molecule has 0 amide bonds. The van der Waals surface area contributed by atoms with Crippen molar-refractivity contribution < 1.29 is 9.66 Å². The van der Waals surface area contributed by atoms with Crippen molar-refractivity contribution in [1.82, 2.24) is 4.98 Å². The SMILES string of the molecule is O=[N+]([O-])c1cccc(COc2cncc(Cl)c2)c1Br. The topological polar surface area (TPSA) is 65.3 Å². The molecule has 19 heavy (non-hydrogen) atoms. The van der Waals surface area contributed by atoms with Gasteiger partial charge in [0.15, 0.2) is 0 Å². The Bertz CT molecular complexity index is 622. The van der Waals surface area contributed by atoms with Gasteiger partial charge in [-0.1, -0.05) is 23.7 Å². The van der Waals surface area contributed by atoms with E-state index in [0.29, 0.717) is 20.8 Å². The highest BCUT2D eigenvalue weighted by molar-refractivity contribution is 9.10. The van der Waals surface area contributed by atoms with E-state index < -0.39 is 4.92 Å². The molecule has 5 nitrogen and oxygen atoms in total. The van der Waals surface area contributed by atoms with E-state index in [4.69, 9.17) is 16.3 Å². The van der Waals surface area contributed by atoms with Crippen LogP contribution in [0.2, 0.25) is 5.02 Å². The second-order valence-corrected chi connectivity index (χ2v) is 4.86. The van der Waals surface area contributed by atoms with Gasteiger partial charge in [0, 0.05) is 23.9 Å². The van der Waals surface area contributed by atoms with Crippen molar-refractivity contribution in [3.8, 4) is 5.75 Å². The van der Waals surface area contributed by atoms with Gasteiger partial charge >= 0.3 is 0 Å². The van der Waals surface area contributed by atoms with Crippen molar-refractivity contribution in [2.24, 2.45) is 0 Å². The van der Waals surface area contributed by atoms with Crippen LogP contribution in [0.15, 0.2) is 41.1 Å². The molecule has 0 spiro atoms. The summed E-state index contributed by atoms with van der Waals surface area (Å²) in [6, 6.07) is 6.40. The molecule has 2 aromatic rings. The summed E-state index contributed by atoms with van der Waals surface area (Å²) >= 11 is 8.99. The quantitative estimate of drug-likeness (QED) is 0.622. The third-order valence-corrected chi connectivity index (χ3v) is 3.45. The lowest BCUT2D eigenvalue weighted by molar-refractivity contribution is -0.385. The maximum absolute atomic E-state index is 10.8. The summed E-state index contributed by atoms with van der Waals surface area (Å²) in [5, 5.41) is 11.3. The van der Waals surface area contributed by atoms with Crippen molar-refractivity contribution >= 4 is 33.2 Å². The van der Waals surface area contributed by atoms with Gasteiger partial charge in [-0.2, -0.15) is 0 Å². The molecular weight excluding hydrogens is 336 g/mol. The van der Waals surface area contributed by atoms with Crippen LogP contribution >= 0.6 is 27.5 Å². The Morgan fingerprint density at radius 1 is 1.42 bits per heavy atom. The molecule has 7 heteroatoms. The number of ether oxygens (including phenoxy) is 1. The number of hydrogen-bond acceptors (Lipinski definition) is 4. The van der Waals surface area contributed by atoms with Crippen LogP contribution in [0, 0.1) is 10.1 Å². The summed E-state index contributed by atoms with van der Waals surface area (Å²) in [4.78, 5) is 14.2. The smallest absolute Gasteiger partial charge is 0.283 e. The van der Waals surface area contributed by atoms with E-state index in [9.17, 15) is 10.1 Å². The fourth-order valence-electron chi connectivity index (χ4n) is 1.45. The number of nitro benzene ring substituents is 1. The summed E-state index contributed by atoms with van der Waals surface area (Å²) in [6.07, 6.45) is 3.02. The number of nitro groups is 1. The van der Waals surface area contributed by atoms with Crippen LogP contribution in [0.3, 0.4) is 0 Å². The zero-order chi connectivity index (χ0) is 13.8. The fourth-order valence-corrected chi connectivity index (χ4v) is 2.14. The Labute approximate surface area is 122 Å². The third-order valence-electron chi connectivity index (χ3n) is 2.33. The summed E-state index contributed by atoms with van der Waals surface area (Å²) in [5.74, 6) is 0.505. The number of rotatable bonds is 4. The lowest BCUT2D eigenvalue weighted by atomic mass is 10.2. The standard InChI is InChI=1S/C12H8BrClN2O3/c13-12-8(2-1-3-11(12)16(17)18)7-19-10-4-9(14)5-15-6-10/h1-6H,7H2. The molecule has 98 valence electrons. The molecule has 0 saturated carbocycles. The first-order chi connectivity index (χ1) is 9.08. The van der Waals surface area contributed by atoms with Gasteiger partial charge in [0.25, 0.3) is 5.69 Å². The monoisotopic (exact) mass is 342 g/mol. The summed E-state index contributed by atoms with van der Waals surface area (Å²) in [5.41, 5.74) is 0.680. The van der Waals surface area contributed by atoms with Crippen LogP contribution < -0.4 is 4.74 Å². The fraction of sp³-hybridized carbons (Fsp3) is 0.0833. The minimum Gasteiger partial charge on any atom is -0.487 e. The zero-order valence-corrected chi connectivity index (χ0v) is 11.9. The Morgan fingerprint density at radius 3 is 2.89 bits per heavy atom. The average Bonchev–Trinajstić information content (AvgIpc) is 2.37. The minimum absolute atomic E-state index is 0.00493. The average molecular weight is 344 g/mol. The molecule has 1 heterocycles. The molecule has 1 aromatic carbocycles. The Hall–Kier alpha value is -1.66. The molecule has 0 N–H and O–H groups in total. The second kappa shape index (κ2) is 5.99. The van der Waals surface area contributed by atoms with Gasteiger partial charge in [0.05, 0.1) is 16.1 Å². The van der Waals surface area contributed by atoms with E-state index in [1.165, 1.54) is 18.5 Å². The molecule has 0 aliphatic carbocycles. The van der Waals surface area contributed by atoms with E-state index in [-0.39, 0.29) is 12.3 Å². The van der Waals surface area contributed by atoms with Crippen LogP contribution in [0.4, 0.5) is 5.69 Å². The molecule has 0 saturated heterocycles. The van der Waals surface area contributed by atoms with Crippen LogP contribution in [0.1, 0.15) is 5.56 Å². The normalized spacial score (nSPS) is 10.2. The van der Waals surface area contributed by atoms with Crippen molar-refractivity contribution in [3.63, 3.8) is 0 Å². The van der Waals surface area contributed by atoms with Crippen LogP contribution in [0.5, 0.6) is 5.75 Å². The van der Waals surface area contributed by atoms with Gasteiger partial charge in [0.2, 0.25) is 0 Å². The molecule has 0 aliphatic rings. The van der Waals surface area contributed by atoms with E-state index in [0.717, 1.165) is 0 Å². The largest absolute Gasteiger partial charge is 0.487 e. The second-order valence-electron chi connectivity index (χ2n) is 3.63. The molecule has 2 rings (SSSR count). The first-order valence-electron chi connectivity index (χ1n) is 5.23. The van der Waals surface area contributed by atoms with E-state index in [2.05, 4.69) is 20.9 Å². The van der Waals surface area contributed by atoms with Gasteiger partial charge < -0.3 is 4.74 Å². The van der Waals surface area contributed by atoms with Gasteiger partial charge in [-0.05, 0) is 15.9 Å². The van der Waals surface area contributed by atoms with Crippen LogP contribution in [-0.4, -0.2) is 9.91 Å². The van der Waals surface area contributed by atoms with E-state index >= 15 is 0 Å². The molecule has 0 unspecified atom stereocenters. The highest BCUT2D eigenvalue weighted by Gasteiger charge is 2.15. The number of nitrogens with zero attached hydrogens (tertiary/aromatic N) is 2. The van der Waals surface area contributed by atoms with E-state index in [1.807, 2.05) is 0 Å². The van der Waals surface area contributed by atoms with Crippen molar-refractivity contribution in [1.29, 1.82) is 0 Å². The number of halogens is 2. The Morgan fingerprint density at radius 2 is 2.21 bits per heavy atom. The predicted molar refractivity (Wildman–Crippen MR) is 74.4 cm³/mol. The molecule has 0 bridgehead atoms. The Balaban J connectivity index is 2.16. The molecule has 0 atom stereocenters. The maximum atomic E-state index is 10.8. The molecule has 0 aliphatic heterocycles. The number of pyridine rings is 1. The van der Waals surface area contributed by atoms with Crippen LogP contribution in [-0.2, 0) is 6.61 Å². The first kappa shape index (κ1) is 13.8. The van der Waals surface area contributed by atoms with E-state index in [1.54, 1.807) is 18.2 Å². The highest BCUT2D eigenvalue weighted by Crippen LogP contribution is 2.29. The number of benzene rings is 1. The summed E-state index contributed by atoms with van der Waals surface area (Å²) in [6.45, 7) is 0.185. The Kier molecular flexibility index (Phi) is 4.34. The van der Waals surface area contributed by atoms with Gasteiger partial charge in [-0.3, -0.25) is 15.1 Å². The lowest BCUT2D eigenvalue weighted by Crippen LogP contribution is -1.99. The zero-order valence-electron chi connectivity index (χ0n) is 9.55. The third kappa shape index (κ3) is 3.42. The van der Waals surface area contributed by atoms with Crippen molar-refractivity contribution in [2.45, 2.75) is 6.61 Å². The minimum atomic E-state index is -0.450. The molecule has 1 aromatic heterocycles.